The Morgan fingerprint density at radius 1 is 1.16 bits per heavy atom. The molecule has 1 aromatic rings. The molecule has 25 heavy (non-hydrogen) atoms. The number of hydrogen-bond donors (Lipinski definition) is 1. The fourth-order valence-electron chi connectivity index (χ4n) is 3.65. The Bertz CT molecular complexity index is 617. The van der Waals surface area contributed by atoms with Gasteiger partial charge in [-0.15, -0.1) is 0 Å². The van der Waals surface area contributed by atoms with Crippen LogP contribution in [-0.4, -0.2) is 77.9 Å². The number of amides is 2. The van der Waals surface area contributed by atoms with Crippen LogP contribution in [0.25, 0.3) is 0 Å². The summed E-state index contributed by atoms with van der Waals surface area (Å²) in [5, 5.41) is 9.34. The fourth-order valence-corrected chi connectivity index (χ4v) is 3.65. The van der Waals surface area contributed by atoms with Crippen molar-refractivity contribution in [3.63, 3.8) is 0 Å². The van der Waals surface area contributed by atoms with Gasteiger partial charge in [-0.25, -0.2) is 0 Å². The van der Waals surface area contributed by atoms with Crippen LogP contribution in [-0.2, 0) is 16.0 Å². The van der Waals surface area contributed by atoms with Gasteiger partial charge in [0.15, 0.2) is 0 Å². The number of phenolic OH excluding ortho intramolecular Hbond substituents is 1. The molecule has 1 unspecified atom stereocenters. The highest BCUT2D eigenvalue weighted by molar-refractivity contribution is 5.89. The zero-order valence-corrected chi connectivity index (χ0v) is 14.9. The molecule has 2 heterocycles. The summed E-state index contributed by atoms with van der Waals surface area (Å²) >= 11 is 0. The van der Waals surface area contributed by atoms with Gasteiger partial charge in [0.1, 0.15) is 5.75 Å². The van der Waals surface area contributed by atoms with Gasteiger partial charge in [0.25, 0.3) is 0 Å². The van der Waals surface area contributed by atoms with Gasteiger partial charge in [-0.2, -0.15) is 0 Å². The average molecular weight is 345 g/mol. The summed E-state index contributed by atoms with van der Waals surface area (Å²) in [6.07, 6.45) is 2.27. The maximum atomic E-state index is 12.7. The molecule has 6 heteroatoms. The zero-order valence-electron chi connectivity index (χ0n) is 14.9. The predicted octanol–water partition coefficient (Wildman–Crippen LogP) is 0.947. The van der Waals surface area contributed by atoms with Crippen molar-refractivity contribution in [1.82, 2.24) is 14.7 Å². The highest BCUT2D eigenvalue weighted by atomic mass is 16.3. The smallest absolute Gasteiger partial charge is 0.228 e. The van der Waals surface area contributed by atoms with E-state index in [-0.39, 0.29) is 17.7 Å². The molecule has 2 saturated heterocycles. The number of aromatic hydroxyl groups is 1. The maximum Gasteiger partial charge on any atom is 0.228 e. The lowest BCUT2D eigenvalue weighted by Crippen LogP contribution is -2.39. The number of carbonyl (C=O) groups is 2. The Hall–Kier alpha value is -2.08. The molecule has 0 spiro atoms. The van der Waals surface area contributed by atoms with Crippen LogP contribution in [0.2, 0.25) is 0 Å². The molecule has 0 bridgehead atoms. The highest BCUT2D eigenvalue weighted by Crippen LogP contribution is 2.19. The lowest BCUT2D eigenvalue weighted by molar-refractivity contribution is -0.135. The van der Waals surface area contributed by atoms with Gasteiger partial charge in [0, 0.05) is 46.2 Å². The van der Waals surface area contributed by atoms with Crippen molar-refractivity contribution in [2.24, 2.45) is 5.92 Å². The highest BCUT2D eigenvalue weighted by Gasteiger charge is 2.35. The topological polar surface area (TPSA) is 64.1 Å². The van der Waals surface area contributed by atoms with Gasteiger partial charge in [-0.3, -0.25) is 9.59 Å². The summed E-state index contributed by atoms with van der Waals surface area (Å²) in [5.74, 6) is 0.339. The molecule has 0 aliphatic carbocycles. The largest absolute Gasteiger partial charge is 0.508 e. The first-order valence-corrected chi connectivity index (χ1v) is 9.06. The molecular weight excluding hydrogens is 318 g/mol. The Morgan fingerprint density at radius 3 is 2.60 bits per heavy atom. The third kappa shape index (κ3) is 4.51. The van der Waals surface area contributed by atoms with E-state index in [0.717, 1.165) is 45.6 Å². The quantitative estimate of drug-likeness (QED) is 0.882. The van der Waals surface area contributed by atoms with Crippen molar-refractivity contribution in [3.8, 4) is 5.75 Å². The summed E-state index contributed by atoms with van der Waals surface area (Å²) in [6, 6.07) is 7.35. The first-order valence-electron chi connectivity index (χ1n) is 9.06. The number of rotatable bonds is 4. The Morgan fingerprint density at radius 2 is 1.92 bits per heavy atom. The van der Waals surface area contributed by atoms with Crippen LogP contribution >= 0.6 is 0 Å². The number of likely N-dealkylation sites (tertiary alicyclic amines) is 1. The molecule has 0 radical (unpaired) electrons. The van der Waals surface area contributed by atoms with Crippen molar-refractivity contribution < 1.29 is 14.7 Å². The van der Waals surface area contributed by atoms with Crippen molar-refractivity contribution in [2.45, 2.75) is 19.3 Å². The van der Waals surface area contributed by atoms with E-state index in [1.165, 1.54) is 5.56 Å². The van der Waals surface area contributed by atoms with Crippen LogP contribution < -0.4 is 0 Å². The maximum absolute atomic E-state index is 12.7. The van der Waals surface area contributed by atoms with Gasteiger partial charge in [-0.05, 0) is 37.1 Å². The number of nitrogens with zero attached hydrogens (tertiary/aromatic N) is 3. The number of hydrogen-bond acceptors (Lipinski definition) is 4. The lowest BCUT2D eigenvalue weighted by Gasteiger charge is -2.24. The molecule has 1 atom stereocenters. The first kappa shape index (κ1) is 17.7. The van der Waals surface area contributed by atoms with E-state index in [0.29, 0.717) is 18.7 Å². The second kappa shape index (κ2) is 7.87. The summed E-state index contributed by atoms with van der Waals surface area (Å²) in [7, 11) is 1.77. The van der Waals surface area contributed by atoms with Gasteiger partial charge < -0.3 is 19.8 Å². The van der Waals surface area contributed by atoms with E-state index in [2.05, 4.69) is 4.90 Å². The molecular formula is C19H27N3O3. The normalized spacial score (nSPS) is 22.3. The Balaban J connectivity index is 1.48. The minimum absolute atomic E-state index is 0.0729. The van der Waals surface area contributed by atoms with E-state index < -0.39 is 0 Å². The van der Waals surface area contributed by atoms with Crippen LogP contribution in [0.4, 0.5) is 0 Å². The molecule has 3 rings (SSSR count). The van der Waals surface area contributed by atoms with Gasteiger partial charge in [-0.1, -0.05) is 12.1 Å². The molecule has 2 amide bonds. The zero-order chi connectivity index (χ0) is 17.8. The van der Waals surface area contributed by atoms with Crippen molar-refractivity contribution in [1.29, 1.82) is 0 Å². The first-order chi connectivity index (χ1) is 12.0. The van der Waals surface area contributed by atoms with Gasteiger partial charge >= 0.3 is 0 Å². The molecule has 1 N–H and O–H groups in total. The van der Waals surface area contributed by atoms with Gasteiger partial charge in [0.2, 0.25) is 11.8 Å². The van der Waals surface area contributed by atoms with E-state index in [1.54, 1.807) is 24.1 Å². The molecule has 2 fully saturated rings. The monoisotopic (exact) mass is 345 g/mol. The summed E-state index contributed by atoms with van der Waals surface area (Å²) in [4.78, 5) is 30.3. The molecule has 1 aromatic carbocycles. The summed E-state index contributed by atoms with van der Waals surface area (Å²) in [5.41, 5.74) is 1.21. The molecule has 0 saturated carbocycles. The average Bonchev–Trinajstić information content (AvgIpc) is 2.81. The van der Waals surface area contributed by atoms with Crippen molar-refractivity contribution in [3.05, 3.63) is 29.8 Å². The molecule has 136 valence electrons. The third-order valence-corrected chi connectivity index (χ3v) is 5.24. The second-order valence-electron chi connectivity index (χ2n) is 7.11. The van der Waals surface area contributed by atoms with Crippen LogP contribution in [0, 0.1) is 5.92 Å². The van der Waals surface area contributed by atoms with Crippen LogP contribution in [0.5, 0.6) is 5.75 Å². The van der Waals surface area contributed by atoms with Gasteiger partial charge in [0.05, 0.1) is 5.92 Å². The van der Waals surface area contributed by atoms with E-state index in [1.807, 2.05) is 17.0 Å². The van der Waals surface area contributed by atoms with E-state index >= 15 is 0 Å². The minimum atomic E-state index is -0.166. The number of benzene rings is 1. The molecule has 2 aliphatic heterocycles. The Kier molecular flexibility index (Phi) is 5.58. The summed E-state index contributed by atoms with van der Waals surface area (Å²) < 4.78 is 0. The van der Waals surface area contributed by atoms with E-state index in [4.69, 9.17) is 0 Å². The summed E-state index contributed by atoms with van der Waals surface area (Å²) in [6.45, 7) is 4.90. The molecule has 6 nitrogen and oxygen atoms in total. The number of carbonyl (C=O) groups excluding carboxylic acids is 2. The van der Waals surface area contributed by atoms with Crippen LogP contribution in [0.1, 0.15) is 18.4 Å². The van der Waals surface area contributed by atoms with Crippen LogP contribution in [0.3, 0.4) is 0 Å². The van der Waals surface area contributed by atoms with Crippen molar-refractivity contribution in [2.75, 3.05) is 46.3 Å². The molecule has 2 aliphatic rings. The molecule has 0 aromatic heterocycles. The van der Waals surface area contributed by atoms with Crippen molar-refractivity contribution >= 4 is 11.8 Å². The lowest BCUT2D eigenvalue weighted by atomic mass is 10.1. The Labute approximate surface area is 149 Å². The number of phenols is 1. The fraction of sp³-hybridized carbons (Fsp3) is 0.579. The standard InChI is InChI=1S/C19H27N3O3/c1-20-14-16(13-18(20)24)19(25)22-9-2-8-21(11-12-22)10-7-15-3-5-17(23)6-4-15/h3-6,16,23H,2,7-14H2,1H3. The SMILES string of the molecule is CN1CC(C(=O)N2CCCN(CCc3ccc(O)cc3)CC2)CC1=O. The van der Waals surface area contributed by atoms with E-state index in [9.17, 15) is 14.7 Å². The third-order valence-electron chi connectivity index (χ3n) is 5.24. The predicted molar refractivity (Wildman–Crippen MR) is 95.2 cm³/mol. The minimum Gasteiger partial charge on any atom is -0.508 e. The second-order valence-corrected chi connectivity index (χ2v) is 7.11. The van der Waals surface area contributed by atoms with Crippen LogP contribution in [0.15, 0.2) is 24.3 Å².